The number of nitrogens with one attached hydrogen (secondary N) is 1. The van der Waals surface area contributed by atoms with Gasteiger partial charge in [-0.2, -0.15) is 0 Å². The van der Waals surface area contributed by atoms with Crippen LogP contribution in [0.2, 0.25) is 10.0 Å². The number of carbonyl (C=O) groups is 4. The van der Waals surface area contributed by atoms with Crippen molar-refractivity contribution in [2.75, 3.05) is 13.6 Å². The molecular weight excluding hydrogens is 513 g/mol. The summed E-state index contributed by atoms with van der Waals surface area (Å²) >= 11 is 12.3. The number of carbonyl (C=O) groups excluding carboxylic acids is 4. The number of rotatable bonds is 9. The van der Waals surface area contributed by atoms with E-state index in [1.807, 2.05) is 42.5 Å². The fourth-order valence-electron chi connectivity index (χ4n) is 5.00. The molecule has 0 spiro atoms. The number of benzene rings is 2. The number of likely N-dealkylation sites (tertiary alicyclic amines) is 1. The van der Waals surface area contributed by atoms with Gasteiger partial charge in [0.1, 0.15) is 6.04 Å². The van der Waals surface area contributed by atoms with E-state index >= 15 is 0 Å². The second-order valence-electron chi connectivity index (χ2n) is 9.32. The van der Waals surface area contributed by atoms with Gasteiger partial charge in [0.15, 0.2) is 0 Å². The maximum absolute atomic E-state index is 13.7. The summed E-state index contributed by atoms with van der Waals surface area (Å²) in [5.74, 6) is -1.81. The second-order valence-corrected chi connectivity index (χ2v) is 10.1. The molecule has 7 nitrogen and oxygen atoms in total. The van der Waals surface area contributed by atoms with E-state index in [2.05, 4.69) is 5.32 Å². The average molecular weight is 542 g/mol. The Hall–Kier alpha value is -3.16. The molecule has 2 aromatic carbocycles. The topological polar surface area (TPSA) is 86.8 Å². The average Bonchev–Trinajstić information content (AvgIpc) is 3.16. The van der Waals surface area contributed by atoms with Gasteiger partial charge in [-0.25, -0.2) is 0 Å². The van der Waals surface area contributed by atoms with Gasteiger partial charge in [0.25, 0.3) is 0 Å². The van der Waals surface area contributed by atoms with Gasteiger partial charge < -0.3 is 10.2 Å². The van der Waals surface area contributed by atoms with Crippen LogP contribution in [0, 0.1) is 11.8 Å². The van der Waals surface area contributed by atoms with E-state index in [1.165, 1.54) is 16.8 Å². The van der Waals surface area contributed by atoms with Crippen molar-refractivity contribution in [1.29, 1.82) is 0 Å². The number of allylic oxidation sites excluding steroid dienone is 2. The number of likely N-dealkylation sites (N-methyl/N-ethyl adjacent to an activating group) is 1. The second kappa shape index (κ2) is 11.9. The molecule has 4 rings (SSSR count). The van der Waals surface area contributed by atoms with E-state index in [-0.39, 0.29) is 55.0 Å². The third-order valence-electron chi connectivity index (χ3n) is 7.00. The van der Waals surface area contributed by atoms with Crippen molar-refractivity contribution in [2.45, 2.75) is 38.3 Å². The highest BCUT2D eigenvalue weighted by Gasteiger charge is 2.47. The molecule has 2 aromatic rings. The van der Waals surface area contributed by atoms with Crippen molar-refractivity contribution in [3.05, 3.63) is 81.9 Å². The lowest BCUT2D eigenvalue weighted by Gasteiger charge is -2.31. The SMILES string of the molecule is CNC(=O)[C@H](Cc1ccccc1)N(Cc1ccc(Cl)c(Cl)c1)C(=O)CCN1C(=O)[C@H]2CC=CC[C@H]2C1=O. The van der Waals surface area contributed by atoms with Gasteiger partial charge >= 0.3 is 0 Å². The number of hydrogen-bond acceptors (Lipinski definition) is 4. The summed E-state index contributed by atoms with van der Waals surface area (Å²) in [4.78, 5) is 55.2. The molecule has 3 atom stereocenters. The monoisotopic (exact) mass is 541 g/mol. The molecule has 1 fully saturated rings. The Bertz CT molecular complexity index is 1190. The lowest BCUT2D eigenvalue weighted by molar-refractivity contribution is -0.144. The highest BCUT2D eigenvalue weighted by molar-refractivity contribution is 6.42. The smallest absolute Gasteiger partial charge is 0.242 e. The number of fused-ring (bicyclic) bond motifs is 1. The summed E-state index contributed by atoms with van der Waals surface area (Å²) in [7, 11) is 1.53. The van der Waals surface area contributed by atoms with Crippen molar-refractivity contribution in [1.82, 2.24) is 15.1 Å². The first kappa shape index (κ1) is 26.9. The molecular formula is C28H29Cl2N3O4. The third kappa shape index (κ3) is 6.05. The maximum atomic E-state index is 13.7. The predicted octanol–water partition coefficient (Wildman–Crippen LogP) is 4.02. The van der Waals surface area contributed by atoms with Crippen molar-refractivity contribution in [3.8, 4) is 0 Å². The first-order valence-corrected chi connectivity index (χ1v) is 13.0. The Labute approximate surface area is 226 Å². The van der Waals surface area contributed by atoms with Gasteiger partial charge in [-0.1, -0.05) is 71.8 Å². The molecule has 37 heavy (non-hydrogen) atoms. The van der Waals surface area contributed by atoms with Crippen LogP contribution in [0.25, 0.3) is 0 Å². The van der Waals surface area contributed by atoms with Crippen molar-refractivity contribution in [2.24, 2.45) is 11.8 Å². The summed E-state index contributed by atoms with van der Waals surface area (Å²) in [6.45, 7) is 0.0882. The Morgan fingerprint density at radius 3 is 2.22 bits per heavy atom. The van der Waals surface area contributed by atoms with Gasteiger partial charge in [-0.3, -0.25) is 24.1 Å². The summed E-state index contributed by atoms with van der Waals surface area (Å²) in [6.07, 6.45) is 5.14. The van der Waals surface area contributed by atoms with Gasteiger partial charge in [0.05, 0.1) is 21.9 Å². The van der Waals surface area contributed by atoms with Gasteiger partial charge in [0.2, 0.25) is 23.6 Å². The zero-order valence-corrected chi connectivity index (χ0v) is 22.0. The quantitative estimate of drug-likeness (QED) is 0.383. The Morgan fingerprint density at radius 2 is 1.62 bits per heavy atom. The lowest BCUT2D eigenvalue weighted by atomic mass is 9.85. The van der Waals surface area contributed by atoms with Crippen LogP contribution < -0.4 is 5.32 Å². The van der Waals surface area contributed by atoms with Crippen LogP contribution >= 0.6 is 23.2 Å². The lowest BCUT2D eigenvalue weighted by Crippen LogP contribution is -2.50. The fourth-order valence-corrected chi connectivity index (χ4v) is 5.32. The molecule has 1 aliphatic carbocycles. The van der Waals surface area contributed by atoms with Crippen molar-refractivity contribution >= 4 is 46.8 Å². The minimum atomic E-state index is -0.814. The minimum absolute atomic E-state index is 0.0207. The number of hydrogen-bond donors (Lipinski definition) is 1. The van der Waals surface area contributed by atoms with Crippen LogP contribution in [-0.2, 0) is 32.1 Å². The molecule has 1 N–H and O–H groups in total. The Balaban J connectivity index is 1.57. The third-order valence-corrected chi connectivity index (χ3v) is 7.74. The van der Waals surface area contributed by atoms with Crippen LogP contribution in [0.1, 0.15) is 30.4 Å². The Morgan fingerprint density at radius 1 is 0.973 bits per heavy atom. The molecule has 1 heterocycles. The van der Waals surface area contributed by atoms with E-state index in [0.717, 1.165) is 5.56 Å². The first-order chi connectivity index (χ1) is 17.8. The molecule has 0 bridgehead atoms. The molecule has 2 aliphatic rings. The molecule has 0 radical (unpaired) electrons. The molecule has 4 amide bonds. The zero-order chi connectivity index (χ0) is 26.5. The highest BCUT2D eigenvalue weighted by atomic mass is 35.5. The summed E-state index contributed by atoms with van der Waals surface area (Å²) in [6, 6.07) is 13.7. The molecule has 9 heteroatoms. The van der Waals surface area contributed by atoms with Gasteiger partial charge in [-0.05, 0) is 36.1 Å². The maximum Gasteiger partial charge on any atom is 0.242 e. The Kier molecular flexibility index (Phi) is 8.67. The molecule has 194 valence electrons. The van der Waals surface area contributed by atoms with Crippen LogP contribution in [0.5, 0.6) is 0 Å². The molecule has 0 saturated carbocycles. The summed E-state index contributed by atoms with van der Waals surface area (Å²) in [5, 5.41) is 3.40. The standard InChI is InChI=1S/C28H29Cl2N3O4/c1-31-26(35)24(16-18-7-3-2-4-8-18)33(17-19-11-12-22(29)23(30)15-19)25(34)13-14-32-27(36)20-9-5-6-10-21(20)28(32)37/h2-8,11-12,15,20-21,24H,9-10,13-14,16-17H2,1H3,(H,31,35)/t20-,21+,24-/m0/s1. The van der Waals surface area contributed by atoms with Crippen molar-refractivity contribution in [3.63, 3.8) is 0 Å². The first-order valence-electron chi connectivity index (χ1n) is 12.3. The highest BCUT2D eigenvalue weighted by Crippen LogP contribution is 2.35. The summed E-state index contributed by atoms with van der Waals surface area (Å²) < 4.78 is 0. The fraction of sp³-hybridized carbons (Fsp3) is 0.357. The minimum Gasteiger partial charge on any atom is -0.357 e. The van der Waals surface area contributed by atoms with Gasteiger partial charge in [0, 0.05) is 33.0 Å². The van der Waals surface area contributed by atoms with Gasteiger partial charge in [-0.15, -0.1) is 0 Å². The molecule has 0 unspecified atom stereocenters. The van der Waals surface area contributed by atoms with E-state index in [0.29, 0.717) is 34.9 Å². The largest absolute Gasteiger partial charge is 0.357 e. The predicted molar refractivity (Wildman–Crippen MR) is 142 cm³/mol. The molecule has 0 aromatic heterocycles. The number of amides is 4. The van der Waals surface area contributed by atoms with E-state index in [4.69, 9.17) is 23.2 Å². The van der Waals surface area contributed by atoms with E-state index < -0.39 is 6.04 Å². The van der Waals surface area contributed by atoms with Crippen LogP contribution in [0.4, 0.5) is 0 Å². The number of nitrogens with zero attached hydrogens (tertiary/aromatic N) is 2. The van der Waals surface area contributed by atoms with Crippen molar-refractivity contribution < 1.29 is 19.2 Å². The van der Waals surface area contributed by atoms with Crippen LogP contribution in [0.3, 0.4) is 0 Å². The van der Waals surface area contributed by atoms with E-state index in [9.17, 15) is 19.2 Å². The molecule has 1 aliphatic heterocycles. The van der Waals surface area contributed by atoms with Crippen LogP contribution in [0.15, 0.2) is 60.7 Å². The zero-order valence-electron chi connectivity index (χ0n) is 20.5. The number of imide groups is 1. The van der Waals surface area contributed by atoms with E-state index in [1.54, 1.807) is 18.2 Å². The number of halogens is 2. The summed E-state index contributed by atoms with van der Waals surface area (Å²) in [5.41, 5.74) is 1.60. The normalized spacial score (nSPS) is 19.5. The molecule has 1 saturated heterocycles. The van der Waals surface area contributed by atoms with Crippen LogP contribution in [-0.4, -0.2) is 53.1 Å².